The zero-order chi connectivity index (χ0) is 15.7. The number of carbonyl (C=O) groups excluding carboxylic acids is 1. The van der Waals surface area contributed by atoms with Crippen LogP contribution in [0, 0.1) is 6.92 Å². The molecule has 0 bridgehead atoms. The number of aliphatic carboxylic acids is 1. The van der Waals surface area contributed by atoms with E-state index in [1.165, 1.54) is 4.90 Å². The van der Waals surface area contributed by atoms with E-state index in [-0.39, 0.29) is 12.5 Å². The summed E-state index contributed by atoms with van der Waals surface area (Å²) in [7, 11) is 0. The van der Waals surface area contributed by atoms with Gasteiger partial charge in [0.15, 0.2) is 6.04 Å². The van der Waals surface area contributed by atoms with Crippen molar-refractivity contribution in [2.45, 2.75) is 50.8 Å². The summed E-state index contributed by atoms with van der Waals surface area (Å²) in [4.78, 5) is 26.0. The van der Waals surface area contributed by atoms with Crippen LogP contribution in [0.3, 0.4) is 0 Å². The third-order valence-corrected chi connectivity index (χ3v) is 4.66. The van der Waals surface area contributed by atoms with Gasteiger partial charge < -0.3 is 9.84 Å². The standard InChI is InChI=1S/C17H21NO4/c1-12-6-5-7-13(10-12)15(19)18-14(16(20)21)11-22-17(18)8-3-2-4-9-17/h5-7,10,14H,2-4,8-9,11H2,1H3,(H,20,21)/t14-/m0/s1. The monoisotopic (exact) mass is 303 g/mol. The summed E-state index contributed by atoms with van der Waals surface area (Å²) in [6, 6.07) is 6.38. The van der Waals surface area contributed by atoms with E-state index < -0.39 is 17.7 Å². The molecule has 118 valence electrons. The number of hydrogen-bond donors (Lipinski definition) is 1. The number of hydrogen-bond acceptors (Lipinski definition) is 3. The fourth-order valence-electron chi connectivity index (χ4n) is 3.58. The van der Waals surface area contributed by atoms with Crippen molar-refractivity contribution in [3.05, 3.63) is 35.4 Å². The summed E-state index contributed by atoms with van der Waals surface area (Å²) in [6.45, 7) is 2.00. The van der Waals surface area contributed by atoms with Gasteiger partial charge in [0.25, 0.3) is 5.91 Å². The number of aryl methyl sites for hydroxylation is 1. The molecule has 5 nitrogen and oxygen atoms in total. The van der Waals surface area contributed by atoms with E-state index in [1.54, 1.807) is 12.1 Å². The molecule has 0 unspecified atom stereocenters. The topological polar surface area (TPSA) is 66.8 Å². The minimum Gasteiger partial charge on any atom is -0.480 e. The van der Waals surface area contributed by atoms with E-state index in [1.807, 2.05) is 19.1 Å². The molecule has 5 heteroatoms. The highest BCUT2D eigenvalue weighted by Gasteiger charge is 2.53. The highest BCUT2D eigenvalue weighted by molar-refractivity contribution is 5.97. The Bertz CT molecular complexity index is 592. The van der Waals surface area contributed by atoms with Gasteiger partial charge >= 0.3 is 5.97 Å². The van der Waals surface area contributed by atoms with Crippen LogP contribution in [0.25, 0.3) is 0 Å². The quantitative estimate of drug-likeness (QED) is 0.912. The number of ether oxygens (including phenoxy) is 1. The van der Waals surface area contributed by atoms with E-state index in [0.29, 0.717) is 18.4 Å². The van der Waals surface area contributed by atoms with Gasteiger partial charge in [0.05, 0.1) is 6.61 Å². The molecule has 0 aromatic heterocycles. The maximum atomic E-state index is 13.0. The van der Waals surface area contributed by atoms with Crippen LogP contribution in [0.2, 0.25) is 0 Å². The summed E-state index contributed by atoms with van der Waals surface area (Å²) < 4.78 is 5.87. The predicted octanol–water partition coefficient (Wildman–Crippen LogP) is 2.58. The Labute approximate surface area is 129 Å². The first-order chi connectivity index (χ1) is 10.5. The largest absolute Gasteiger partial charge is 0.480 e. The second kappa shape index (κ2) is 5.72. The Balaban J connectivity index is 1.97. The Morgan fingerprint density at radius 3 is 2.64 bits per heavy atom. The molecule has 2 aliphatic rings. The zero-order valence-electron chi connectivity index (χ0n) is 12.7. The summed E-state index contributed by atoms with van der Waals surface area (Å²) in [5, 5.41) is 9.47. The summed E-state index contributed by atoms with van der Waals surface area (Å²) >= 11 is 0. The van der Waals surface area contributed by atoms with Crippen LogP contribution in [-0.2, 0) is 9.53 Å². The third-order valence-electron chi connectivity index (χ3n) is 4.66. The SMILES string of the molecule is Cc1cccc(C(=O)N2[C@H](C(=O)O)COC23CCCCC3)c1. The number of amides is 1. The van der Waals surface area contributed by atoms with Crippen molar-refractivity contribution in [1.29, 1.82) is 0 Å². The Hall–Kier alpha value is -1.88. The lowest BCUT2D eigenvalue weighted by Crippen LogP contribution is -2.54. The number of carboxylic acid groups (broad SMARTS) is 1. The first-order valence-electron chi connectivity index (χ1n) is 7.81. The van der Waals surface area contributed by atoms with Gasteiger partial charge in [-0.15, -0.1) is 0 Å². The summed E-state index contributed by atoms with van der Waals surface area (Å²) in [5.41, 5.74) is 0.777. The molecular formula is C17H21NO4. The fourth-order valence-corrected chi connectivity index (χ4v) is 3.58. The number of nitrogens with zero attached hydrogens (tertiary/aromatic N) is 1. The fraction of sp³-hybridized carbons (Fsp3) is 0.529. The van der Waals surface area contributed by atoms with Crippen LogP contribution in [0.15, 0.2) is 24.3 Å². The van der Waals surface area contributed by atoms with Gasteiger partial charge in [0, 0.05) is 5.56 Å². The molecule has 1 amide bonds. The first-order valence-corrected chi connectivity index (χ1v) is 7.81. The Morgan fingerprint density at radius 2 is 2.00 bits per heavy atom. The molecule has 1 aromatic carbocycles. The third kappa shape index (κ3) is 2.50. The van der Waals surface area contributed by atoms with Crippen LogP contribution in [0.4, 0.5) is 0 Å². The Morgan fingerprint density at radius 1 is 1.27 bits per heavy atom. The van der Waals surface area contributed by atoms with Gasteiger partial charge in [-0.1, -0.05) is 24.1 Å². The van der Waals surface area contributed by atoms with E-state index in [9.17, 15) is 14.7 Å². The lowest BCUT2D eigenvalue weighted by atomic mass is 9.89. The minimum atomic E-state index is -0.997. The average Bonchev–Trinajstić information content (AvgIpc) is 2.86. The second-order valence-corrected chi connectivity index (χ2v) is 6.22. The maximum absolute atomic E-state index is 13.0. The van der Waals surface area contributed by atoms with E-state index >= 15 is 0 Å². The van der Waals surface area contributed by atoms with Crippen LogP contribution in [0.5, 0.6) is 0 Å². The molecule has 1 aliphatic carbocycles. The molecule has 3 rings (SSSR count). The predicted molar refractivity (Wildman–Crippen MR) is 80.5 cm³/mol. The molecular weight excluding hydrogens is 282 g/mol. The zero-order valence-corrected chi connectivity index (χ0v) is 12.7. The molecule has 1 aliphatic heterocycles. The molecule has 0 radical (unpaired) electrons. The van der Waals surface area contributed by atoms with Gasteiger partial charge in [-0.3, -0.25) is 9.69 Å². The summed E-state index contributed by atoms with van der Waals surface area (Å²) in [6.07, 6.45) is 4.46. The van der Waals surface area contributed by atoms with Crippen molar-refractivity contribution in [2.75, 3.05) is 6.61 Å². The lowest BCUT2D eigenvalue weighted by Gasteiger charge is -2.41. The van der Waals surface area contributed by atoms with Crippen LogP contribution < -0.4 is 0 Å². The molecule has 1 saturated heterocycles. The average molecular weight is 303 g/mol. The number of carbonyl (C=O) groups is 2. The summed E-state index contributed by atoms with van der Waals surface area (Å²) in [5.74, 6) is -1.24. The van der Waals surface area contributed by atoms with Gasteiger partial charge in [0.2, 0.25) is 0 Å². The number of carboxylic acids is 1. The van der Waals surface area contributed by atoms with Crippen molar-refractivity contribution in [1.82, 2.24) is 4.90 Å². The van der Waals surface area contributed by atoms with E-state index in [4.69, 9.17) is 4.74 Å². The van der Waals surface area contributed by atoms with Crippen molar-refractivity contribution in [3.63, 3.8) is 0 Å². The highest BCUT2D eigenvalue weighted by Crippen LogP contribution is 2.41. The molecule has 22 heavy (non-hydrogen) atoms. The molecule has 1 heterocycles. The van der Waals surface area contributed by atoms with Gasteiger partial charge in [-0.05, 0) is 44.7 Å². The molecule has 1 N–H and O–H groups in total. The van der Waals surface area contributed by atoms with Gasteiger partial charge in [0.1, 0.15) is 5.72 Å². The van der Waals surface area contributed by atoms with E-state index in [0.717, 1.165) is 24.8 Å². The molecule has 1 atom stereocenters. The van der Waals surface area contributed by atoms with Gasteiger partial charge in [-0.25, -0.2) is 4.79 Å². The molecule has 1 saturated carbocycles. The number of benzene rings is 1. The molecule has 2 fully saturated rings. The highest BCUT2D eigenvalue weighted by atomic mass is 16.5. The minimum absolute atomic E-state index is 0.0763. The molecule has 1 aromatic rings. The molecule has 1 spiro atoms. The number of rotatable bonds is 2. The smallest absolute Gasteiger partial charge is 0.328 e. The van der Waals surface area contributed by atoms with Gasteiger partial charge in [-0.2, -0.15) is 0 Å². The van der Waals surface area contributed by atoms with Crippen molar-refractivity contribution < 1.29 is 19.4 Å². The van der Waals surface area contributed by atoms with Crippen molar-refractivity contribution >= 4 is 11.9 Å². The van der Waals surface area contributed by atoms with Crippen molar-refractivity contribution in [3.8, 4) is 0 Å². The van der Waals surface area contributed by atoms with Crippen LogP contribution in [0.1, 0.15) is 48.0 Å². The Kier molecular flexibility index (Phi) is 3.91. The normalized spacial score (nSPS) is 23.7. The van der Waals surface area contributed by atoms with Crippen molar-refractivity contribution in [2.24, 2.45) is 0 Å². The second-order valence-electron chi connectivity index (χ2n) is 6.22. The van der Waals surface area contributed by atoms with Crippen LogP contribution in [-0.4, -0.2) is 40.3 Å². The van der Waals surface area contributed by atoms with Crippen LogP contribution >= 0.6 is 0 Å². The van der Waals surface area contributed by atoms with E-state index in [2.05, 4.69) is 0 Å². The first kappa shape index (κ1) is 15.0. The lowest BCUT2D eigenvalue weighted by molar-refractivity contribution is -0.143. The maximum Gasteiger partial charge on any atom is 0.328 e.